The molecule has 0 aliphatic rings. The van der Waals surface area contributed by atoms with Gasteiger partial charge in [-0.25, -0.2) is 9.37 Å². The molecule has 0 bridgehead atoms. The number of imidazole rings is 1. The van der Waals surface area contributed by atoms with E-state index >= 15 is 0 Å². The first-order valence-electron chi connectivity index (χ1n) is 8.63. The van der Waals surface area contributed by atoms with E-state index in [2.05, 4.69) is 40.1 Å². The van der Waals surface area contributed by atoms with Crippen LogP contribution in [0.15, 0.2) is 65.4 Å². The molecule has 0 amide bonds. The fourth-order valence-electron chi connectivity index (χ4n) is 3.01. The molecule has 0 spiro atoms. The lowest BCUT2D eigenvalue weighted by Crippen LogP contribution is -2.00. The zero-order valence-electron chi connectivity index (χ0n) is 15.0. The lowest BCUT2D eigenvalue weighted by Gasteiger charge is -2.11. The number of pyridine rings is 1. The van der Waals surface area contributed by atoms with Crippen LogP contribution in [0.3, 0.4) is 0 Å². The van der Waals surface area contributed by atoms with Crippen molar-refractivity contribution in [3.05, 3.63) is 87.9 Å². The first-order chi connectivity index (χ1) is 13.0. The predicted molar refractivity (Wildman–Crippen MR) is 109 cm³/mol. The molecule has 2 heterocycles. The van der Waals surface area contributed by atoms with Crippen molar-refractivity contribution in [2.45, 2.75) is 20.5 Å². The smallest absolute Gasteiger partial charge is 0.137 e. The number of halogens is 2. The molecule has 0 saturated heterocycles. The summed E-state index contributed by atoms with van der Waals surface area (Å²) in [4.78, 5) is 4.68. The minimum Gasteiger partial charge on any atom is -0.489 e. The molecule has 0 unspecified atom stereocenters. The molecular formula is C22H18BrFN2O. The first-order valence-corrected chi connectivity index (χ1v) is 9.42. The molecule has 0 fully saturated rings. The normalized spacial score (nSPS) is 11.1. The summed E-state index contributed by atoms with van der Waals surface area (Å²) in [5, 5.41) is 0. The van der Waals surface area contributed by atoms with E-state index in [9.17, 15) is 4.39 Å². The second-order valence-corrected chi connectivity index (χ2v) is 7.52. The van der Waals surface area contributed by atoms with Gasteiger partial charge in [-0.05, 0) is 61.4 Å². The number of hydrogen-bond donors (Lipinski definition) is 0. The summed E-state index contributed by atoms with van der Waals surface area (Å²) in [6, 6.07) is 15.0. The highest BCUT2D eigenvalue weighted by molar-refractivity contribution is 9.10. The highest BCUT2D eigenvalue weighted by Crippen LogP contribution is 2.27. The molecular weight excluding hydrogens is 407 g/mol. The third-order valence-electron chi connectivity index (χ3n) is 4.47. The molecule has 0 saturated carbocycles. The molecule has 2 aromatic carbocycles. The Balaban J connectivity index is 1.56. The van der Waals surface area contributed by atoms with Gasteiger partial charge in [0.1, 0.15) is 23.8 Å². The highest BCUT2D eigenvalue weighted by atomic mass is 79.9. The number of aryl methyl sites for hydroxylation is 2. The molecule has 4 rings (SSSR count). The average molecular weight is 425 g/mol. The molecule has 136 valence electrons. The third-order valence-corrected chi connectivity index (χ3v) is 4.96. The van der Waals surface area contributed by atoms with E-state index in [1.54, 1.807) is 6.07 Å². The van der Waals surface area contributed by atoms with E-state index in [1.807, 2.05) is 47.9 Å². The SMILES string of the molecule is Cc1ccc2nc(-c3ccc(OCc4ccc(Br)cc4F)c(C)c3)cn2c1. The van der Waals surface area contributed by atoms with Crippen LogP contribution in [0.2, 0.25) is 0 Å². The lowest BCUT2D eigenvalue weighted by molar-refractivity contribution is 0.298. The molecule has 0 aliphatic heterocycles. The summed E-state index contributed by atoms with van der Waals surface area (Å²) in [5.74, 6) is 0.458. The van der Waals surface area contributed by atoms with Crippen LogP contribution >= 0.6 is 15.9 Å². The standard InChI is InChI=1S/C22H18BrFN2O/c1-14-3-8-22-25-20(12-26(22)11-14)16-5-7-21(15(2)9-16)27-13-17-4-6-18(23)10-19(17)24/h3-12H,13H2,1-2H3. The number of fused-ring (bicyclic) bond motifs is 1. The molecule has 0 radical (unpaired) electrons. The van der Waals surface area contributed by atoms with E-state index in [0.29, 0.717) is 10.0 Å². The Morgan fingerprint density at radius 1 is 1.04 bits per heavy atom. The topological polar surface area (TPSA) is 26.5 Å². The maximum absolute atomic E-state index is 13.9. The second-order valence-electron chi connectivity index (χ2n) is 6.60. The van der Waals surface area contributed by atoms with Gasteiger partial charge in [0.25, 0.3) is 0 Å². The van der Waals surface area contributed by atoms with Crippen LogP contribution in [-0.4, -0.2) is 9.38 Å². The first kappa shape index (κ1) is 17.7. The number of ether oxygens (including phenoxy) is 1. The van der Waals surface area contributed by atoms with Crippen molar-refractivity contribution < 1.29 is 9.13 Å². The van der Waals surface area contributed by atoms with Crippen LogP contribution in [0.25, 0.3) is 16.9 Å². The van der Waals surface area contributed by atoms with Gasteiger partial charge in [0.05, 0.1) is 5.69 Å². The van der Waals surface area contributed by atoms with Gasteiger partial charge in [-0.3, -0.25) is 0 Å². The highest BCUT2D eigenvalue weighted by Gasteiger charge is 2.09. The summed E-state index contributed by atoms with van der Waals surface area (Å²) < 4.78 is 22.5. The van der Waals surface area contributed by atoms with Crippen LogP contribution in [0.5, 0.6) is 5.75 Å². The summed E-state index contributed by atoms with van der Waals surface area (Å²) in [5.41, 5.74) is 5.55. The average Bonchev–Trinajstić information content (AvgIpc) is 3.05. The van der Waals surface area contributed by atoms with Crippen LogP contribution in [0.1, 0.15) is 16.7 Å². The Bertz CT molecular complexity index is 1140. The molecule has 5 heteroatoms. The van der Waals surface area contributed by atoms with Crippen LogP contribution in [0.4, 0.5) is 4.39 Å². The molecule has 2 aromatic heterocycles. The molecule has 27 heavy (non-hydrogen) atoms. The largest absolute Gasteiger partial charge is 0.489 e. The third kappa shape index (κ3) is 3.74. The van der Waals surface area contributed by atoms with Gasteiger partial charge in [0.2, 0.25) is 0 Å². The molecule has 0 atom stereocenters. The van der Waals surface area contributed by atoms with E-state index in [-0.39, 0.29) is 12.4 Å². The minimum atomic E-state index is -0.279. The van der Waals surface area contributed by atoms with Gasteiger partial charge in [0.15, 0.2) is 0 Å². The summed E-state index contributed by atoms with van der Waals surface area (Å²) in [7, 11) is 0. The fraction of sp³-hybridized carbons (Fsp3) is 0.136. The predicted octanol–water partition coefficient (Wildman–Crippen LogP) is 6.10. The van der Waals surface area contributed by atoms with Crippen LogP contribution in [0, 0.1) is 19.7 Å². The molecule has 3 nitrogen and oxygen atoms in total. The zero-order valence-corrected chi connectivity index (χ0v) is 16.6. The van der Waals surface area contributed by atoms with Gasteiger partial charge in [-0.2, -0.15) is 0 Å². The van der Waals surface area contributed by atoms with Crippen molar-refractivity contribution in [3.63, 3.8) is 0 Å². The van der Waals surface area contributed by atoms with E-state index in [4.69, 9.17) is 4.74 Å². The number of benzene rings is 2. The minimum absolute atomic E-state index is 0.187. The quantitative estimate of drug-likeness (QED) is 0.395. The zero-order chi connectivity index (χ0) is 19.0. The number of aromatic nitrogens is 2. The van der Waals surface area contributed by atoms with Gasteiger partial charge >= 0.3 is 0 Å². The molecule has 4 aromatic rings. The van der Waals surface area contributed by atoms with Crippen molar-refractivity contribution in [2.75, 3.05) is 0 Å². The van der Waals surface area contributed by atoms with Gasteiger partial charge in [-0.1, -0.05) is 28.1 Å². The van der Waals surface area contributed by atoms with Crippen molar-refractivity contribution in [1.82, 2.24) is 9.38 Å². The van der Waals surface area contributed by atoms with Gasteiger partial charge in [0, 0.05) is 28.0 Å². The Morgan fingerprint density at radius 2 is 1.89 bits per heavy atom. The Hall–Kier alpha value is -2.66. The Labute approximate surface area is 165 Å². The second kappa shape index (κ2) is 7.16. The number of hydrogen-bond acceptors (Lipinski definition) is 2. The maximum Gasteiger partial charge on any atom is 0.137 e. The van der Waals surface area contributed by atoms with Crippen LogP contribution in [-0.2, 0) is 6.61 Å². The maximum atomic E-state index is 13.9. The van der Waals surface area contributed by atoms with Crippen molar-refractivity contribution in [3.8, 4) is 17.0 Å². The molecule has 0 aliphatic carbocycles. The van der Waals surface area contributed by atoms with Crippen molar-refractivity contribution in [1.29, 1.82) is 0 Å². The molecule has 0 N–H and O–H groups in total. The lowest BCUT2D eigenvalue weighted by atomic mass is 10.1. The summed E-state index contributed by atoms with van der Waals surface area (Å²) >= 11 is 3.26. The van der Waals surface area contributed by atoms with E-state index < -0.39 is 0 Å². The monoisotopic (exact) mass is 424 g/mol. The fourth-order valence-corrected chi connectivity index (χ4v) is 3.34. The number of nitrogens with zero attached hydrogens (tertiary/aromatic N) is 2. The Kier molecular flexibility index (Phi) is 4.70. The van der Waals surface area contributed by atoms with Crippen LogP contribution < -0.4 is 4.74 Å². The summed E-state index contributed by atoms with van der Waals surface area (Å²) in [6.07, 6.45) is 4.08. The van der Waals surface area contributed by atoms with Crippen molar-refractivity contribution >= 4 is 21.6 Å². The van der Waals surface area contributed by atoms with E-state index in [0.717, 1.165) is 28.2 Å². The van der Waals surface area contributed by atoms with Gasteiger partial charge in [-0.15, -0.1) is 0 Å². The van der Waals surface area contributed by atoms with E-state index in [1.165, 1.54) is 11.6 Å². The number of rotatable bonds is 4. The summed E-state index contributed by atoms with van der Waals surface area (Å²) in [6.45, 7) is 4.23. The van der Waals surface area contributed by atoms with Gasteiger partial charge < -0.3 is 9.14 Å². The van der Waals surface area contributed by atoms with Crippen molar-refractivity contribution in [2.24, 2.45) is 0 Å². The Morgan fingerprint density at radius 3 is 2.67 bits per heavy atom.